The molecule has 2 aromatic rings. The Morgan fingerprint density at radius 2 is 1.42 bits per heavy atom. The Bertz CT molecular complexity index is 1660. The molecule has 0 radical (unpaired) electrons. The molecule has 2 N–H and O–H groups in total. The second kappa shape index (κ2) is 19.8. The van der Waals surface area contributed by atoms with Crippen LogP contribution >= 0.6 is 31.9 Å². The quantitative estimate of drug-likeness (QED) is 0.249. The summed E-state index contributed by atoms with van der Waals surface area (Å²) in [7, 11) is 1.40. The van der Waals surface area contributed by atoms with Crippen molar-refractivity contribution in [3.63, 3.8) is 0 Å². The molecule has 2 aromatic carbocycles. The number of hydrogen-bond donors (Lipinski definition) is 2. The second-order valence-corrected chi connectivity index (χ2v) is 16.5. The maximum atomic E-state index is 13.0. The maximum Gasteiger partial charge on any atom is 0.409 e. The number of phenols is 1. The number of likely N-dealkylation sites (tertiary alicyclic amines) is 3. The van der Waals surface area contributed by atoms with Crippen molar-refractivity contribution < 1.29 is 38.6 Å². The number of aromatic hydroxyl groups is 1. The van der Waals surface area contributed by atoms with Crippen LogP contribution in [0.2, 0.25) is 0 Å². The monoisotopic (exact) mass is 889 g/mol. The van der Waals surface area contributed by atoms with Crippen LogP contribution in [0.5, 0.6) is 5.75 Å². The van der Waals surface area contributed by atoms with E-state index in [0.717, 1.165) is 69.3 Å². The third kappa shape index (κ3) is 10.9. The number of anilines is 1. The minimum Gasteiger partial charge on any atom is -0.506 e. The van der Waals surface area contributed by atoms with Crippen LogP contribution in [-0.2, 0) is 36.7 Å². The molecule has 0 aliphatic carbocycles. The second-order valence-electron chi connectivity index (χ2n) is 14.7. The number of rotatable bonds is 6. The lowest BCUT2D eigenvalue weighted by molar-refractivity contribution is -0.160. The number of phenolic OH excluding ortho intramolecular Hbond substituents is 1. The number of carbonyl (C=O) groups is 5. The van der Waals surface area contributed by atoms with E-state index in [9.17, 15) is 29.1 Å². The average molecular weight is 892 g/mol. The van der Waals surface area contributed by atoms with Gasteiger partial charge in [-0.05, 0) is 131 Å². The molecule has 3 saturated heterocycles. The van der Waals surface area contributed by atoms with Crippen LogP contribution in [0.25, 0.3) is 0 Å². The van der Waals surface area contributed by atoms with Crippen molar-refractivity contribution >= 4 is 67.5 Å². The van der Waals surface area contributed by atoms with Gasteiger partial charge in [-0.15, -0.1) is 0 Å². The first-order valence-electron chi connectivity index (χ1n) is 19.3. The molecule has 6 rings (SSSR count). The van der Waals surface area contributed by atoms with Gasteiger partial charge in [0.05, 0.1) is 22.7 Å². The van der Waals surface area contributed by atoms with Gasteiger partial charge in [-0.25, -0.2) is 14.4 Å². The van der Waals surface area contributed by atoms with E-state index >= 15 is 0 Å². The maximum absolute atomic E-state index is 13.0. The SMILES string of the molecule is CCOC(=O)C(=O)N1CCC(C2CCN(C(=O)[C@H](C)Cc3cc(Br)c(O)c(Br)c3)CC2)CC1.COC(=O)N1CCC(N2CCc3ccccc3NC2=O)CC1. The summed E-state index contributed by atoms with van der Waals surface area (Å²) in [6.07, 6.45) is 6.50. The van der Waals surface area contributed by atoms with Crippen LogP contribution in [0.4, 0.5) is 15.3 Å². The van der Waals surface area contributed by atoms with Crippen LogP contribution in [0.1, 0.15) is 63.5 Å². The van der Waals surface area contributed by atoms with Gasteiger partial charge >= 0.3 is 24.0 Å². The summed E-state index contributed by atoms with van der Waals surface area (Å²) in [6, 6.07) is 11.8. The largest absolute Gasteiger partial charge is 0.506 e. The van der Waals surface area contributed by atoms with E-state index < -0.39 is 11.9 Å². The molecule has 1 atom stereocenters. The highest BCUT2D eigenvalue weighted by Gasteiger charge is 2.35. The van der Waals surface area contributed by atoms with Gasteiger partial charge in [0.25, 0.3) is 0 Å². The van der Waals surface area contributed by atoms with Crippen molar-refractivity contribution in [2.75, 3.05) is 64.8 Å². The first kappa shape index (κ1) is 42.3. The summed E-state index contributed by atoms with van der Waals surface area (Å²) in [4.78, 5) is 68.0. The number of urea groups is 1. The fraction of sp³-hybridized carbons (Fsp3) is 0.575. The number of amides is 5. The number of methoxy groups -OCH3 is 1. The van der Waals surface area contributed by atoms with Crippen LogP contribution in [-0.4, -0.2) is 120 Å². The normalized spacial score (nSPS) is 19.0. The number of ether oxygens (including phenoxy) is 2. The molecule has 0 unspecified atom stereocenters. The van der Waals surface area contributed by atoms with Gasteiger partial charge < -0.3 is 39.5 Å². The number of halogens is 2. The third-order valence-electron chi connectivity index (χ3n) is 11.3. The Labute approximate surface area is 340 Å². The van der Waals surface area contributed by atoms with Crippen molar-refractivity contribution in [2.45, 2.75) is 71.3 Å². The zero-order valence-electron chi connectivity index (χ0n) is 31.9. The predicted molar refractivity (Wildman–Crippen MR) is 214 cm³/mol. The van der Waals surface area contributed by atoms with E-state index in [1.54, 1.807) is 16.7 Å². The topological polar surface area (TPSA) is 149 Å². The van der Waals surface area contributed by atoms with Crippen molar-refractivity contribution in [1.29, 1.82) is 0 Å². The smallest absolute Gasteiger partial charge is 0.409 e. The number of para-hydroxylation sites is 1. The van der Waals surface area contributed by atoms with Crippen molar-refractivity contribution in [3.8, 4) is 5.75 Å². The molecule has 4 aliphatic rings. The van der Waals surface area contributed by atoms with Gasteiger partial charge in [-0.1, -0.05) is 25.1 Å². The van der Waals surface area contributed by atoms with E-state index in [4.69, 9.17) is 9.47 Å². The number of hydrogen-bond acceptors (Lipinski definition) is 8. The van der Waals surface area contributed by atoms with Crippen molar-refractivity contribution in [3.05, 3.63) is 56.5 Å². The van der Waals surface area contributed by atoms with Crippen LogP contribution in [0, 0.1) is 17.8 Å². The van der Waals surface area contributed by atoms with E-state index in [-0.39, 0.29) is 42.3 Å². The number of benzene rings is 2. The van der Waals surface area contributed by atoms with Gasteiger partial charge in [0.2, 0.25) is 5.91 Å². The molecule has 5 amide bonds. The van der Waals surface area contributed by atoms with E-state index in [0.29, 0.717) is 59.9 Å². The first-order valence-corrected chi connectivity index (χ1v) is 20.9. The molecule has 4 heterocycles. The minimum atomic E-state index is -0.760. The van der Waals surface area contributed by atoms with Gasteiger partial charge in [0.1, 0.15) is 5.75 Å². The molecule has 0 bridgehead atoms. The zero-order valence-corrected chi connectivity index (χ0v) is 35.1. The van der Waals surface area contributed by atoms with Gasteiger partial charge in [-0.3, -0.25) is 9.59 Å². The Morgan fingerprint density at radius 1 is 0.855 bits per heavy atom. The van der Waals surface area contributed by atoms with E-state index in [1.807, 2.05) is 47.1 Å². The number of fused-ring (bicyclic) bond motifs is 1. The van der Waals surface area contributed by atoms with Crippen LogP contribution in [0.15, 0.2) is 45.3 Å². The predicted octanol–water partition coefficient (Wildman–Crippen LogP) is 6.44. The molecule has 3 fully saturated rings. The summed E-state index contributed by atoms with van der Waals surface area (Å²) in [6.45, 7) is 8.55. The standard InChI is InChI=1S/C24H32Br2N2O5.C16H21N3O3/c1-3-33-24(32)23(31)28-10-6-18(7-11-28)17-4-8-27(9-5-17)22(30)15(2)12-16-13-19(25)21(29)20(26)14-16;1-22-16(21)18-9-7-13(8-10-18)19-11-6-12-4-2-3-5-14(12)17-15(19)20/h13-15,17-18,29H,3-12H2,1-2H3;2-5,13H,6-11H2,1H3,(H,17,20)/t15-;/m1./s1. The van der Waals surface area contributed by atoms with E-state index in [2.05, 4.69) is 43.2 Å². The minimum absolute atomic E-state index is 0.0403. The van der Waals surface area contributed by atoms with Crippen LogP contribution < -0.4 is 5.32 Å². The average Bonchev–Trinajstić information content (AvgIpc) is 3.37. The number of piperidine rings is 3. The lowest BCUT2D eigenvalue weighted by Gasteiger charge is -2.40. The lowest BCUT2D eigenvalue weighted by atomic mass is 9.78. The molecule has 0 saturated carbocycles. The van der Waals surface area contributed by atoms with Crippen LogP contribution in [0.3, 0.4) is 0 Å². The fourth-order valence-corrected chi connectivity index (χ4v) is 9.48. The number of carbonyl (C=O) groups excluding carboxylic acids is 5. The third-order valence-corrected chi connectivity index (χ3v) is 12.5. The summed E-state index contributed by atoms with van der Waals surface area (Å²) in [5, 5.41) is 12.9. The van der Waals surface area contributed by atoms with Gasteiger partial charge in [-0.2, -0.15) is 0 Å². The van der Waals surface area contributed by atoms with Gasteiger partial charge in [0.15, 0.2) is 0 Å². The fourth-order valence-electron chi connectivity index (χ4n) is 8.20. The molecule has 55 heavy (non-hydrogen) atoms. The Morgan fingerprint density at radius 3 is 2.00 bits per heavy atom. The highest BCUT2D eigenvalue weighted by Crippen LogP contribution is 2.35. The molecule has 4 aliphatic heterocycles. The summed E-state index contributed by atoms with van der Waals surface area (Å²) >= 11 is 6.70. The first-order chi connectivity index (χ1) is 26.4. The Hall–Kier alpha value is -3.85. The number of nitrogens with one attached hydrogen (secondary N) is 1. The van der Waals surface area contributed by atoms with Gasteiger partial charge in [0, 0.05) is 63.5 Å². The molecular weight excluding hydrogens is 838 g/mol. The number of esters is 1. The zero-order chi connectivity index (χ0) is 39.6. The molecule has 13 nitrogen and oxygen atoms in total. The Balaban J connectivity index is 0.000000228. The number of nitrogens with zero attached hydrogens (tertiary/aromatic N) is 4. The molecule has 15 heteroatoms. The molecule has 0 spiro atoms. The van der Waals surface area contributed by atoms with Crippen molar-refractivity contribution in [2.24, 2.45) is 17.8 Å². The Kier molecular flexibility index (Phi) is 15.3. The highest BCUT2D eigenvalue weighted by molar-refractivity contribution is 9.11. The summed E-state index contributed by atoms with van der Waals surface area (Å²) < 4.78 is 10.8. The van der Waals surface area contributed by atoms with E-state index in [1.165, 1.54) is 12.7 Å². The summed E-state index contributed by atoms with van der Waals surface area (Å²) in [5.74, 6) is -0.0198. The molecule has 300 valence electrons. The summed E-state index contributed by atoms with van der Waals surface area (Å²) in [5.41, 5.74) is 3.07. The highest BCUT2D eigenvalue weighted by atomic mass is 79.9. The molecular formula is C40H53Br2N5O8. The van der Waals surface area contributed by atoms with Crippen molar-refractivity contribution in [1.82, 2.24) is 19.6 Å². The lowest BCUT2D eigenvalue weighted by Crippen LogP contribution is -2.50. The molecule has 0 aromatic heterocycles.